The fraction of sp³-hybridized carbons (Fsp3) is 0.625. The molecule has 2 heterocycles. The number of rotatable bonds is 6. The lowest BCUT2D eigenvalue weighted by Gasteiger charge is -2.57. The minimum atomic E-state index is -0.0823. The van der Waals surface area contributed by atoms with Crippen molar-refractivity contribution in [2.45, 2.75) is 87.5 Å². The van der Waals surface area contributed by atoms with Crippen LogP contribution in [0.3, 0.4) is 0 Å². The van der Waals surface area contributed by atoms with E-state index in [-0.39, 0.29) is 23.5 Å². The summed E-state index contributed by atoms with van der Waals surface area (Å²) in [5.41, 5.74) is 4.39. The van der Waals surface area contributed by atoms with Crippen LogP contribution in [0.15, 0.2) is 63.9 Å². The van der Waals surface area contributed by atoms with Crippen LogP contribution in [0.1, 0.15) is 71.6 Å². The summed E-state index contributed by atoms with van der Waals surface area (Å²) >= 11 is 8.12. The van der Waals surface area contributed by atoms with Gasteiger partial charge in [0, 0.05) is 60.5 Å². The van der Waals surface area contributed by atoms with E-state index in [1.54, 1.807) is 0 Å². The van der Waals surface area contributed by atoms with Crippen molar-refractivity contribution in [3.8, 4) is 0 Å². The lowest BCUT2D eigenvalue weighted by atomic mass is 9.47. The zero-order valence-electron chi connectivity index (χ0n) is 28.9. The first-order chi connectivity index (χ1) is 23.2. The predicted molar refractivity (Wildman–Crippen MR) is 196 cm³/mol. The van der Waals surface area contributed by atoms with E-state index in [1.807, 2.05) is 23.9 Å². The molecule has 8 heteroatoms. The Balaban J connectivity index is 0.000000156. The van der Waals surface area contributed by atoms with E-state index < -0.39 is 0 Å². The van der Waals surface area contributed by atoms with Crippen molar-refractivity contribution in [3.63, 3.8) is 0 Å². The number of halogens is 1. The smallest absolute Gasteiger partial charge is 0.155 e. The second-order valence-corrected chi connectivity index (χ2v) is 17.2. The average molecular weight is 692 g/mol. The molecule has 0 radical (unpaired) electrons. The van der Waals surface area contributed by atoms with Crippen LogP contribution in [-0.4, -0.2) is 84.3 Å². The molecule has 1 saturated heterocycles. The zero-order chi connectivity index (χ0) is 33.5. The van der Waals surface area contributed by atoms with Gasteiger partial charge >= 0.3 is 0 Å². The molecule has 4 fully saturated rings. The number of hydrogen-bond donors (Lipinski definition) is 2. The van der Waals surface area contributed by atoms with Crippen LogP contribution in [0.5, 0.6) is 0 Å². The van der Waals surface area contributed by atoms with Gasteiger partial charge in [-0.15, -0.1) is 0 Å². The molecule has 4 aliphatic carbocycles. The molecule has 2 aromatic rings. The molecule has 0 spiro atoms. The summed E-state index contributed by atoms with van der Waals surface area (Å²) in [5.74, 6) is 2.57. The molecule has 0 unspecified atom stereocenters. The number of fused-ring (bicyclic) bond motifs is 7. The fourth-order valence-corrected chi connectivity index (χ4v) is 11.6. The number of aliphatic hydroxyl groups excluding tert-OH is 2. The Morgan fingerprint density at radius 2 is 1.60 bits per heavy atom. The first kappa shape index (κ1) is 34.6. The zero-order valence-corrected chi connectivity index (χ0v) is 30.5. The normalized spacial score (nSPS) is 33.0. The van der Waals surface area contributed by atoms with Crippen LogP contribution in [0, 0.1) is 28.6 Å². The minimum absolute atomic E-state index is 0.0823. The van der Waals surface area contributed by atoms with Crippen molar-refractivity contribution in [2.75, 3.05) is 57.3 Å². The van der Waals surface area contributed by atoms with Gasteiger partial charge in [-0.1, -0.05) is 54.9 Å². The predicted octanol–water partition coefficient (Wildman–Crippen LogP) is 7.82. The first-order valence-electron chi connectivity index (χ1n) is 18.5. The Kier molecular flexibility index (Phi) is 10.4. The number of carbonyl (C=O) groups excluding carboxylic acids is 1. The molecule has 2 aliphatic heterocycles. The molecule has 48 heavy (non-hydrogen) atoms. The van der Waals surface area contributed by atoms with E-state index in [9.17, 15) is 9.90 Å². The average Bonchev–Trinajstić information content (AvgIpc) is 3.40. The monoisotopic (exact) mass is 691 g/mol. The topological polar surface area (TPSA) is 67.2 Å². The van der Waals surface area contributed by atoms with Gasteiger partial charge in [0.1, 0.15) is 0 Å². The van der Waals surface area contributed by atoms with Crippen LogP contribution in [0.2, 0.25) is 5.02 Å². The Hall–Kier alpha value is -1.87. The van der Waals surface area contributed by atoms with Crippen molar-refractivity contribution >= 4 is 40.5 Å². The highest BCUT2D eigenvalue weighted by molar-refractivity contribution is 7.99. The van der Waals surface area contributed by atoms with Crippen LogP contribution < -0.4 is 4.90 Å². The molecule has 6 aliphatic rings. The highest BCUT2D eigenvalue weighted by atomic mass is 35.5. The van der Waals surface area contributed by atoms with Gasteiger partial charge in [0.2, 0.25) is 0 Å². The number of allylic oxidation sites excluding steroid dienone is 1. The van der Waals surface area contributed by atoms with Crippen molar-refractivity contribution in [3.05, 3.63) is 59.1 Å². The van der Waals surface area contributed by atoms with Gasteiger partial charge in [-0.25, -0.2) is 0 Å². The lowest BCUT2D eigenvalue weighted by molar-refractivity contribution is -0.118. The van der Waals surface area contributed by atoms with Crippen LogP contribution >= 0.6 is 23.4 Å². The Bertz CT molecular complexity index is 1510. The van der Waals surface area contributed by atoms with Gasteiger partial charge in [-0.05, 0) is 123 Å². The van der Waals surface area contributed by atoms with Gasteiger partial charge in [-0.2, -0.15) is 0 Å². The van der Waals surface area contributed by atoms with E-state index in [0.29, 0.717) is 11.7 Å². The number of hydrogen-bond acceptors (Lipinski definition) is 7. The summed E-state index contributed by atoms with van der Waals surface area (Å²) in [4.78, 5) is 21.7. The molecule has 6 atom stereocenters. The third-order valence-corrected chi connectivity index (χ3v) is 14.6. The molecule has 0 bridgehead atoms. The van der Waals surface area contributed by atoms with E-state index >= 15 is 0 Å². The Morgan fingerprint density at radius 1 is 0.854 bits per heavy atom. The summed E-state index contributed by atoms with van der Waals surface area (Å²) in [7, 11) is 0. The van der Waals surface area contributed by atoms with Gasteiger partial charge in [0.15, 0.2) is 5.78 Å². The maximum Gasteiger partial charge on any atom is 0.155 e. The molecule has 6 nitrogen and oxygen atoms in total. The number of piperazine rings is 1. The molecular weight excluding hydrogens is 638 g/mol. The molecule has 3 saturated carbocycles. The Morgan fingerprint density at radius 3 is 2.40 bits per heavy atom. The summed E-state index contributed by atoms with van der Waals surface area (Å²) in [5, 5.41) is 20.3. The standard InChI is InChI=1S/C21H26ClN3OS.C19H28O2/c22-17-6-7-21-19(16-17)25(18-4-1-2-5-20(18)27-21)9-3-8-23-10-12-24(13-11-23)14-15-26;1-18-9-7-13(20)11-12(18)3-4-14-15-5-6-17(21)19(15,2)10-8-16(14)18/h1-2,4-7,16,26H,3,8-15H2;11,14-17,21H,3-10H2,1-2H3/t;14-,15-,16-,17-,18-,19-/m.0/s1. The second kappa shape index (κ2) is 14.4. The van der Waals surface area contributed by atoms with Gasteiger partial charge in [-0.3, -0.25) is 9.69 Å². The number of para-hydroxylation sites is 1. The number of β-amino-alcohol motifs (C(OH)–C–C–N with tert-alkyl or cyclic N) is 1. The van der Waals surface area contributed by atoms with Crippen LogP contribution in [-0.2, 0) is 4.79 Å². The van der Waals surface area contributed by atoms with Crippen LogP contribution in [0.25, 0.3) is 0 Å². The third-order valence-electron chi connectivity index (χ3n) is 13.2. The molecular formula is C40H54ClN3O3S. The first-order valence-corrected chi connectivity index (χ1v) is 19.7. The number of nitrogens with zero attached hydrogens (tertiary/aromatic N) is 3. The minimum Gasteiger partial charge on any atom is -0.395 e. The fourth-order valence-electron chi connectivity index (χ4n) is 10.4. The Labute approximate surface area is 296 Å². The highest BCUT2D eigenvalue weighted by Gasteiger charge is 2.58. The highest BCUT2D eigenvalue weighted by Crippen LogP contribution is 2.65. The van der Waals surface area contributed by atoms with E-state index in [2.05, 4.69) is 64.9 Å². The molecule has 2 N–H and O–H groups in total. The maximum atomic E-state index is 11.8. The van der Waals surface area contributed by atoms with Crippen molar-refractivity contribution in [1.29, 1.82) is 0 Å². The maximum absolute atomic E-state index is 11.8. The number of carbonyl (C=O) groups is 1. The molecule has 260 valence electrons. The van der Waals surface area contributed by atoms with Crippen molar-refractivity contribution in [2.24, 2.45) is 28.6 Å². The molecule has 0 amide bonds. The number of benzene rings is 2. The SMILES string of the molecule is C[C@]12CC[C@H]3[C@@H](CCC4=CC(=O)CC[C@@]43C)[C@@H]1CC[C@@H]2O.OCCN1CCN(CCCN2c3ccccc3Sc3ccc(Cl)cc32)CC1. The van der Waals surface area contributed by atoms with Crippen LogP contribution in [0.4, 0.5) is 11.4 Å². The third kappa shape index (κ3) is 6.65. The molecule has 2 aromatic carbocycles. The van der Waals surface area contributed by atoms with Gasteiger partial charge in [0.25, 0.3) is 0 Å². The van der Waals surface area contributed by atoms with Gasteiger partial charge in [0.05, 0.1) is 24.1 Å². The van der Waals surface area contributed by atoms with E-state index in [1.165, 1.54) is 52.4 Å². The largest absolute Gasteiger partial charge is 0.395 e. The summed E-state index contributed by atoms with van der Waals surface area (Å²) < 4.78 is 0. The van der Waals surface area contributed by atoms with Crippen molar-refractivity contribution in [1.82, 2.24) is 9.80 Å². The van der Waals surface area contributed by atoms with E-state index in [4.69, 9.17) is 16.7 Å². The summed E-state index contributed by atoms with van der Waals surface area (Å²) in [6.45, 7) is 12.2. The number of ketones is 1. The van der Waals surface area contributed by atoms with Crippen molar-refractivity contribution < 1.29 is 15.0 Å². The molecule has 0 aromatic heterocycles. The molecule has 8 rings (SSSR count). The number of aliphatic hydroxyl groups is 2. The summed E-state index contributed by atoms with van der Waals surface area (Å²) in [6.07, 6.45) is 11.8. The lowest BCUT2D eigenvalue weighted by Crippen LogP contribution is -2.51. The quantitative estimate of drug-likeness (QED) is 0.320. The second-order valence-electron chi connectivity index (χ2n) is 15.7. The summed E-state index contributed by atoms with van der Waals surface area (Å²) in [6, 6.07) is 14.8. The number of anilines is 2. The van der Waals surface area contributed by atoms with Gasteiger partial charge < -0.3 is 20.0 Å². The van der Waals surface area contributed by atoms with E-state index in [0.717, 1.165) is 94.8 Å².